The lowest BCUT2D eigenvalue weighted by Gasteiger charge is -2.13. The van der Waals surface area contributed by atoms with Crippen molar-refractivity contribution in [3.63, 3.8) is 0 Å². The van der Waals surface area contributed by atoms with Crippen LogP contribution in [0, 0.1) is 5.82 Å². The van der Waals surface area contributed by atoms with E-state index in [9.17, 15) is 9.18 Å². The smallest absolute Gasteiger partial charge is 0.340 e. The van der Waals surface area contributed by atoms with Crippen LogP contribution in [-0.2, 0) is 9.53 Å². The molecular formula is C11H14ClFN2O3. The van der Waals surface area contributed by atoms with Gasteiger partial charge in [0.1, 0.15) is 5.75 Å². The molecule has 18 heavy (non-hydrogen) atoms. The summed E-state index contributed by atoms with van der Waals surface area (Å²) < 4.78 is 23.0. The van der Waals surface area contributed by atoms with Crippen LogP contribution in [0.1, 0.15) is 6.92 Å². The van der Waals surface area contributed by atoms with Crippen molar-refractivity contribution in [3.05, 3.63) is 24.0 Å². The van der Waals surface area contributed by atoms with Crippen LogP contribution in [0.25, 0.3) is 0 Å². The molecule has 100 valence electrons. The minimum Gasteiger partial charge on any atom is -0.497 e. The summed E-state index contributed by atoms with van der Waals surface area (Å²) in [5.41, 5.74) is 3.95. The first-order valence-electron chi connectivity index (χ1n) is 5.24. The van der Waals surface area contributed by atoms with Gasteiger partial charge in [-0.3, -0.25) is 0 Å². The van der Waals surface area contributed by atoms with E-state index in [1.165, 1.54) is 19.2 Å². The summed E-state index contributed by atoms with van der Waals surface area (Å²) >= 11 is 5.68. The van der Waals surface area contributed by atoms with Gasteiger partial charge in [-0.1, -0.05) is 11.6 Å². The average Bonchev–Trinajstić information content (AvgIpc) is 2.37. The Hall–Kier alpha value is -1.53. The van der Waals surface area contributed by atoms with E-state index in [-0.39, 0.29) is 12.3 Å². The number of esters is 1. The van der Waals surface area contributed by atoms with E-state index in [0.717, 1.165) is 0 Å². The molecule has 1 aromatic rings. The summed E-state index contributed by atoms with van der Waals surface area (Å²) in [4.78, 5) is 11.2. The molecule has 0 amide bonds. The molecule has 0 fully saturated rings. The van der Waals surface area contributed by atoms with Gasteiger partial charge in [-0.2, -0.15) is 0 Å². The fraction of sp³-hybridized carbons (Fsp3) is 0.364. The Labute approximate surface area is 109 Å². The Morgan fingerprint density at radius 3 is 2.83 bits per heavy atom. The molecule has 0 saturated heterocycles. The minimum absolute atomic E-state index is 0.144. The number of halogens is 2. The van der Waals surface area contributed by atoms with E-state index in [1.54, 1.807) is 13.0 Å². The zero-order valence-corrected chi connectivity index (χ0v) is 10.8. The molecular weight excluding hydrogens is 263 g/mol. The van der Waals surface area contributed by atoms with Crippen molar-refractivity contribution in [3.8, 4) is 5.75 Å². The van der Waals surface area contributed by atoms with Crippen LogP contribution in [0.2, 0.25) is 0 Å². The first-order valence-corrected chi connectivity index (χ1v) is 5.68. The highest BCUT2D eigenvalue weighted by atomic mass is 35.5. The average molecular weight is 277 g/mol. The molecule has 1 atom stereocenters. The summed E-state index contributed by atoms with van der Waals surface area (Å²) in [6.45, 7) is 1.89. The van der Waals surface area contributed by atoms with E-state index in [2.05, 4.69) is 15.6 Å². The van der Waals surface area contributed by atoms with Gasteiger partial charge in [0, 0.05) is 6.07 Å². The van der Waals surface area contributed by atoms with Crippen molar-refractivity contribution in [2.45, 2.75) is 12.4 Å². The Bertz CT molecular complexity index is 417. The number of hydrogen-bond donors (Lipinski definition) is 2. The van der Waals surface area contributed by atoms with Gasteiger partial charge in [0.15, 0.2) is 11.3 Å². The second-order valence-electron chi connectivity index (χ2n) is 3.23. The van der Waals surface area contributed by atoms with E-state index in [4.69, 9.17) is 16.3 Å². The second-order valence-corrected chi connectivity index (χ2v) is 3.67. The largest absolute Gasteiger partial charge is 0.497 e. The third-order valence-corrected chi connectivity index (χ3v) is 2.29. The number of carbonyl (C=O) groups is 1. The SMILES string of the molecule is CCOC(=O)C(Cl)NNc1ccc(OC)cc1F. The lowest BCUT2D eigenvalue weighted by atomic mass is 10.3. The molecule has 0 saturated carbocycles. The van der Waals surface area contributed by atoms with Crippen LogP contribution in [-0.4, -0.2) is 25.2 Å². The summed E-state index contributed by atoms with van der Waals surface area (Å²) in [6, 6.07) is 4.23. The Balaban J connectivity index is 2.55. The van der Waals surface area contributed by atoms with Gasteiger partial charge in [-0.15, -0.1) is 0 Å². The van der Waals surface area contributed by atoms with Crippen LogP contribution < -0.4 is 15.6 Å². The molecule has 0 aliphatic carbocycles. The maximum absolute atomic E-state index is 13.5. The molecule has 0 radical (unpaired) electrons. The van der Waals surface area contributed by atoms with Gasteiger partial charge in [0.05, 0.1) is 19.4 Å². The molecule has 0 aromatic heterocycles. The van der Waals surface area contributed by atoms with Crippen LogP contribution in [0.5, 0.6) is 5.75 Å². The van der Waals surface area contributed by atoms with E-state index >= 15 is 0 Å². The third-order valence-electron chi connectivity index (χ3n) is 2.00. The Kier molecular flexibility index (Phi) is 5.67. The van der Waals surface area contributed by atoms with Crippen molar-refractivity contribution < 1.29 is 18.7 Å². The predicted molar refractivity (Wildman–Crippen MR) is 66.0 cm³/mol. The molecule has 1 aromatic carbocycles. The fourth-order valence-corrected chi connectivity index (χ4v) is 1.26. The van der Waals surface area contributed by atoms with Crippen molar-refractivity contribution in [1.82, 2.24) is 5.43 Å². The standard InChI is InChI=1S/C11H14ClFN2O3/c1-3-18-11(16)10(12)15-14-9-5-4-7(17-2)6-8(9)13/h4-6,10,14-15H,3H2,1-2H3. The predicted octanol–water partition coefficient (Wildman–Crippen LogP) is 1.88. The van der Waals surface area contributed by atoms with Gasteiger partial charge >= 0.3 is 5.97 Å². The van der Waals surface area contributed by atoms with Crippen LogP contribution in [0.3, 0.4) is 0 Å². The van der Waals surface area contributed by atoms with Gasteiger partial charge in [-0.25, -0.2) is 14.6 Å². The molecule has 1 rings (SSSR count). The number of hydrogen-bond acceptors (Lipinski definition) is 5. The van der Waals surface area contributed by atoms with Gasteiger partial charge in [-0.05, 0) is 19.1 Å². The first kappa shape index (κ1) is 14.5. The molecule has 0 bridgehead atoms. The molecule has 0 aliphatic rings. The number of methoxy groups -OCH3 is 1. The summed E-state index contributed by atoms with van der Waals surface area (Å²) in [7, 11) is 1.44. The lowest BCUT2D eigenvalue weighted by Crippen LogP contribution is -2.37. The maximum atomic E-state index is 13.5. The van der Waals surface area contributed by atoms with Gasteiger partial charge in [0.2, 0.25) is 0 Å². The van der Waals surface area contributed by atoms with Crippen LogP contribution in [0.4, 0.5) is 10.1 Å². The van der Waals surface area contributed by atoms with E-state index < -0.39 is 17.3 Å². The molecule has 5 nitrogen and oxygen atoms in total. The Morgan fingerprint density at radius 1 is 1.56 bits per heavy atom. The van der Waals surface area contributed by atoms with Crippen LogP contribution in [0.15, 0.2) is 18.2 Å². The highest BCUT2D eigenvalue weighted by Crippen LogP contribution is 2.19. The van der Waals surface area contributed by atoms with E-state index in [0.29, 0.717) is 5.75 Å². The number of carbonyl (C=O) groups excluding carboxylic acids is 1. The van der Waals surface area contributed by atoms with Gasteiger partial charge < -0.3 is 14.9 Å². The second kappa shape index (κ2) is 7.03. The fourth-order valence-electron chi connectivity index (χ4n) is 1.14. The van der Waals surface area contributed by atoms with Gasteiger partial charge in [0.25, 0.3) is 0 Å². The van der Waals surface area contributed by atoms with E-state index in [1.807, 2.05) is 0 Å². The number of ether oxygens (including phenoxy) is 2. The number of anilines is 1. The zero-order chi connectivity index (χ0) is 13.5. The third kappa shape index (κ3) is 4.05. The molecule has 2 N–H and O–H groups in total. The number of alkyl halides is 1. The topological polar surface area (TPSA) is 59.6 Å². The number of rotatable bonds is 6. The van der Waals surface area contributed by atoms with Crippen molar-refractivity contribution in [2.24, 2.45) is 0 Å². The van der Waals surface area contributed by atoms with Crippen LogP contribution >= 0.6 is 11.6 Å². The summed E-state index contributed by atoms with van der Waals surface area (Å²) in [6.07, 6.45) is 0. The van der Waals surface area contributed by atoms with Crippen molar-refractivity contribution in [2.75, 3.05) is 19.1 Å². The Morgan fingerprint density at radius 2 is 2.28 bits per heavy atom. The summed E-state index contributed by atoms with van der Waals surface area (Å²) in [5, 5.41) is 0. The molecule has 0 aliphatic heterocycles. The number of nitrogens with one attached hydrogen (secondary N) is 2. The number of hydrazine groups is 1. The molecule has 0 spiro atoms. The van der Waals surface area contributed by atoms with Crippen molar-refractivity contribution >= 4 is 23.3 Å². The quantitative estimate of drug-likeness (QED) is 0.360. The highest BCUT2D eigenvalue weighted by molar-refractivity contribution is 6.29. The normalized spacial score (nSPS) is 11.8. The molecule has 7 heteroatoms. The highest BCUT2D eigenvalue weighted by Gasteiger charge is 2.16. The maximum Gasteiger partial charge on any atom is 0.340 e. The van der Waals surface area contributed by atoms with Crippen molar-refractivity contribution in [1.29, 1.82) is 0 Å². The summed E-state index contributed by atoms with van der Waals surface area (Å²) in [5.74, 6) is -0.777. The number of benzene rings is 1. The zero-order valence-electron chi connectivity index (χ0n) is 10.00. The monoisotopic (exact) mass is 276 g/mol. The molecule has 1 unspecified atom stereocenters. The lowest BCUT2D eigenvalue weighted by molar-refractivity contribution is -0.143. The first-order chi connectivity index (χ1) is 8.58. The minimum atomic E-state index is -1.11. The molecule has 0 heterocycles.